The van der Waals surface area contributed by atoms with Crippen molar-refractivity contribution in [2.75, 3.05) is 6.61 Å². The number of nitrogens with one attached hydrogen (secondary N) is 1. The molecule has 0 radical (unpaired) electrons. The number of ether oxygens (including phenoxy) is 1. The molecule has 170 valence electrons. The molecule has 0 aliphatic heterocycles. The van der Waals surface area contributed by atoms with Gasteiger partial charge in [-0.1, -0.05) is 26.6 Å². The summed E-state index contributed by atoms with van der Waals surface area (Å²) >= 11 is 0. The number of nitrogens with zero attached hydrogens (tertiary/aromatic N) is 3. The van der Waals surface area contributed by atoms with Crippen LogP contribution in [0.3, 0.4) is 0 Å². The van der Waals surface area contributed by atoms with Gasteiger partial charge in [0, 0.05) is 26.6 Å². The van der Waals surface area contributed by atoms with Gasteiger partial charge in [-0.25, -0.2) is 9.78 Å². The minimum absolute atomic E-state index is 0.0499. The van der Waals surface area contributed by atoms with Crippen LogP contribution in [-0.4, -0.2) is 33.8 Å². The van der Waals surface area contributed by atoms with Crippen molar-refractivity contribution in [3.05, 3.63) is 26.7 Å². The van der Waals surface area contributed by atoms with E-state index < -0.39 is 8.07 Å². The lowest BCUT2D eigenvalue weighted by atomic mass is 9.75. The molecule has 6 rings (SSSR count). The molecular formula is C23H36N4O3Si. The molecule has 0 amide bonds. The van der Waals surface area contributed by atoms with Crippen molar-refractivity contribution in [1.29, 1.82) is 0 Å². The Morgan fingerprint density at radius 3 is 2.48 bits per heavy atom. The summed E-state index contributed by atoms with van der Waals surface area (Å²) in [6, 6.07) is 1.09. The molecule has 2 heterocycles. The van der Waals surface area contributed by atoms with Gasteiger partial charge in [0.15, 0.2) is 11.2 Å². The Balaban J connectivity index is 1.62. The van der Waals surface area contributed by atoms with E-state index >= 15 is 0 Å². The number of aromatic nitrogens is 4. The molecular weight excluding hydrogens is 408 g/mol. The van der Waals surface area contributed by atoms with Gasteiger partial charge in [-0.15, -0.1) is 0 Å². The van der Waals surface area contributed by atoms with Crippen molar-refractivity contribution in [3.8, 4) is 0 Å². The van der Waals surface area contributed by atoms with E-state index in [0.717, 1.165) is 30.1 Å². The zero-order valence-electron chi connectivity index (χ0n) is 19.4. The third-order valence-corrected chi connectivity index (χ3v) is 9.69. The number of imidazole rings is 1. The smallest absolute Gasteiger partial charge is 0.330 e. The summed E-state index contributed by atoms with van der Waals surface area (Å²) in [6.07, 6.45) is 7.08. The monoisotopic (exact) mass is 444 g/mol. The molecule has 8 heteroatoms. The third kappa shape index (κ3) is 3.46. The molecule has 4 aliphatic rings. The highest BCUT2D eigenvalue weighted by Crippen LogP contribution is 2.65. The van der Waals surface area contributed by atoms with Crippen LogP contribution in [-0.2, 0) is 23.4 Å². The molecule has 4 bridgehead atoms. The van der Waals surface area contributed by atoms with Crippen LogP contribution in [0.5, 0.6) is 0 Å². The highest BCUT2D eigenvalue weighted by molar-refractivity contribution is 6.76. The van der Waals surface area contributed by atoms with Gasteiger partial charge in [-0.2, -0.15) is 0 Å². The number of hydrogen-bond donors (Lipinski definition) is 1. The second kappa shape index (κ2) is 7.44. The molecule has 2 aromatic heterocycles. The Morgan fingerprint density at radius 1 is 1.13 bits per heavy atom. The molecule has 0 spiro atoms. The van der Waals surface area contributed by atoms with Crippen LogP contribution in [0.15, 0.2) is 9.59 Å². The van der Waals surface area contributed by atoms with E-state index in [2.05, 4.69) is 24.6 Å². The van der Waals surface area contributed by atoms with Gasteiger partial charge in [0.2, 0.25) is 0 Å². The van der Waals surface area contributed by atoms with Gasteiger partial charge < -0.3 is 4.74 Å². The van der Waals surface area contributed by atoms with Crippen molar-refractivity contribution >= 4 is 19.2 Å². The summed E-state index contributed by atoms with van der Waals surface area (Å²) in [6.45, 7) is 10.7. The summed E-state index contributed by atoms with van der Waals surface area (Å²) in [4.78, 5) is 33.2. The molecule has 2 unspecified atom stereocenters. The van der Waals surface area contributed by atoms with E-state index in [9.17, 15) is 9.59 Å². The topological polar surface area (TPSA) is 81.9 Å². The van der Waals surface area contributed by atoms with Gasteiger partial charge >= 0.3 is 5.69 Å². The fraction of sp³-hybridized carbons (Fsp3) is 0.783. The molecule has 4 saturated carbocycles. The summed E-state index contributed by atoms with van der Waals surface area (Å²) < 4.78 is 9.83. The SMILES string of the molecule is CCCn1c(=O)[nH]c(=O)c2c1nc(C13CC4CC(CC1C4)C3)n2COCC[Si](C)(C)C. The fourth-order valence-corrected chi connectivity index (χ4v) is 7.56. The van der Waals surface area contributed by atoms with Crippen molar-refractivity contribution in [2.45, 2.75) is 89.8 Å². The predicted octanol–water partition coefficient (Wildman–Crippen LogP) is 3.69. The van der Waals surface area contributed by atoms with Gasteiger partial charge in [-0.3, -0.25) is 18.9 Å². The summed E-state index contributed by atoms with van der Waals surface area (Å²) in [5.74, 6) is 3.23. The Kier molecular flexibility index (Phi) is 5.08. The van der Waals surface area contributed by atoms with Crippen LogP contribution < -0.4 is 11.2 Å². The molecule has 0 saturated heterocycles. The number of H-pyrrole nitrogens is 1. The quantitative estimate of drug-likeness (QED) is 0.497. The standard InChI is InChI=1S/C23H36N4O3Si/c1-5-6-26-19-18(20(28)25-22(26)29)27(14-30-7-8-31(2,3)4)21(24-19)23-12-15-9-16(13-23)11-17(23)10-15/h15-17H,5-14H2,1-4H3,(H,25,28,29). The normalized spacial score (nSPS) is 29.5. The van der Waals surface area contributed by atoms with Crippen LogP contribution in [0.25, 0.3) is 11.2 Å². The first-order valence-corrected chi connectivity index (χ1v) is 15.7. The maximum Gasteiger partial charge on any atom is 0.330 e. The molecule has 1 N–H and O–H groups in total. The van der Waals surface area contributed by atoms with E-state index in [0.29, 0.717) is 37.0 Å². The Morgan fingerprint density at radius 2 is 1.84 bits per heavy atom. The second-order valence-electron chi connectivity index (χ2n) is 11.5. The Bertz CT molecular complexity index is 1090. The van der Waals surface area contributed by atoms with Crippen molar-refractivity contribution in [1.82, 2.24) is 19.1 Å². The van der Waals surface area contributed by atoms with Gasteiger partial charge in [0.25, 0.3) is 5.56 Å². The first-order chi connectivity index (χ1) is 14.7. The second-order valence-corrected chi connectivity index (χ2v) is 17.1. The van der Waals surface area contributed by atoms with E-state index in [1.807, 2.05) is 11.5 Å². The summed E-state index contributed by atoms with van der Waals surface area (Å²) in [5.41, 5.74) is 0.407. The fourth-order valence-electron chi connectivity index (χ4n) is 6.80. The lowest BCUT2D eigenvalue weighted by Gasteiger charge is -2.32. The van der Waals surface area contributed by atoms with Crippen LogP contribution in [0, 0.1) is 17.8 Å². The molecule has 7 nitrogen and oxygen atoms in total. The minimum atomic E-state index is -1.20. The molecule has 31 heavy (non-hydrogen) atoms. The first kappa shape index (κ1) is 21.2. The minimum Gasteiger partial charge on any atom is -0.361 e. The molecule has 0 aromatic carbocycles. The van der Waals surface area contributed by atoms with Gasteiger partial charge in [-0.05, 0) is 62.3 Å². The number of fused-ring (bicyclic) bond motifs is 1. The zero-order valence-corrected chi connectivity index (χ0v) is 20.4. The van der Waals surface area contributed by atoms with Crippen molar-refractivity contribution in [2.24, 2.45) is 17.8 Å². The van der Waals surface area contributed by atoms with Crippen molar-refractivity contribution in [3.63, 3.8) is 0 Å². The molecule has 2 atom stereocenters. The lowest BCUT2D eigenvalue weighted by Crippen LogP contribution is -2.33. The predicted molar refractivity (Wildman–Crippen MR) is 124 cm³/mol. The first-order valence-electron chi connectivity index (χ1n) is 12.0. The van der Waals surface area contributed by atoms with E-state index in [1.54, 1.807) is 4.57 Å². The number of aromatic amines is 1. The Hall–Kier alpha value is -1.67. The van der Waals surface area contributed by atoms with Gasteiger partial charge in [0.05, 0.1) is 0 Å². The van der Waals surface area contributed by atoms with E-state index in [4.69, 9.17) is 9.72 Å². The lowest BCUT2D eigenvalue weighted by molar-refractivity contribution is 0.0831. The number of rotatable bonds is 8. The van der Waals surface area contributed by atoms with E-state index in [-0.39, 0.29) is 16.7 Å². The average Bonchev–Trinajstić information content (AvgIpc) is 3.26. The van der Waals surface area contributed by atoms with Crippen LogP contribution >= 0.6 is 0 Å². The maximum absolute atomic E-state index is 13.0. The largest absolute Gasteiger partial charge is 0.361 e. The molecule has 4 fully saturated rings. The highest BCUT2D eigenvalue weighted by Gasteiger charge is 2.60. The molecule has 4 aliphatic carbocycles. The van der Waals surface area contributed by atoms with E-state index in [1.165, 1.54) is 32.1 Å². The Labute approximate surface area is 184 Å². The van der Waals surface area contributed by atoms with Crippen LogP contribution in [0.4, 0.5) is 0 Å². The highest BCUT2D eigenvalue weighted by atomic mass is 28.3. The zero-order chi connectivity index (χ0) is 22.0. The van der Waals surface area contributed by atoms with Gasteiger partial charge in [0.1, 0.15) is 12.6 Å². The molecule has 2 aromatic rings. The third-order valence-electron chi connectivity index (χ3n) is 7.98. The van der Waals surface area contributed by atoms with Crippen molar-refractivity contribution < 1.29 is 4.74 Å². The van der Waals surface area contributed by atoms with Crippen LogP contribution in [0.2, 0.25) is 25.7 Å². The maximum atomic E-state index is 13.0. The summed E-state index contributed by atoms with van der Waals surface area (Å²) in [7, 11) is -1.20. The average molecular weight is 445 g/mol. The number of aryl methyl sites for hydroxylation is 1. The van der Waals surface area contributed by atoms with Crippen LogP contribution in [0.1, 0.15) is 51.3 Å². The summed E-state index contributed by atoms with van der Waals surface area (Å²) in [5, 5.41) is 0. The number of hydrogen-bond acceptors (Lipinski definition) is 4.